The van der Waals surface area contributed by atoms with E-state index in [0.29, 0.717) is 12.0 Å². The topological polar surface area (TPSA) is 64.3 Å². The molecule has 2 aromatic heterocycles. The van der Waals surface area contributed by atoms with Crippen molar-refractivity contribution in [3.05, 3.63) is 30.4 Å². The number of rotatable bonds is 4. The SMILES string of the molecule is CCc1coc(N2CC(Oc3ncccn3)C2)n1. The molecule has 1 saturated heterocycles. The van der Waals surface area contributed by atoms with Crippen LogP contribution in [0.2, 0.25) is 0 Å². The van der Waals surface area contributed by atoms with E-state index in [0.717, 1.165) is 25.2 Å². The Bertz CT molecular complexity index is 508. The van der Waals surface area contributed by atoms with Crippen LogP contribution in [-0.2, 0) is 6.42 Å². The zero-order valence-corrected chi connectivity index (χ0v) is 10.1. The number of aromatic nitrogens is 3. The van der Waals surface area contributed by atoms with Gasteiger partial charge in [-0.15, -0.1) is 0 Å². The van der Waals surface area contributed by atoms with Crippen molar-refractivity contribution in [2.75, 3.05) is 18.0 Å². The molecule has 0 aliphatic carbocycles. The van der Waals surface area contributed by atoms with Gasteiger partial charge in [-0.25, -0.2) is 9.97 Å². The molecule has 1 aliphatic rings. The summed E-state index contributed by atoms with van der Waals surface area (Å²) in [6, 6.07) is 2.85. The van der Waals surface area contributed by atoms with Gasteiger partial charge in [-0.05, 0) is 12.5 Å². The van der Waals surface area contributed by atoms with Crippen molar-refractivity contribution in [3.8, 4) is 6.01 Å². The molecule has 6 nitrogen and oxygen atoms in total. The summed E-state index contributed by atoms with van der Waals surface area (Å²) in [5.41, 5.74) is 0.973. The van der Waals surface area contributed by atoms with Gasteiger partial charge in [-0.1, -0.05) is 6.92 Å². The Hall–Kier alpha value is -2.11. The lowest BCUT2D eigenvalue weighted by Gasteiger charge is -2.36. The average molecular weight is 246 g/mol. The molecule has 2 aromatic rings. The van der Waals surface area contributed by atoms with Gasteiger partial charge in [0.1, 0.15) is 12.4 Å². The maximum atomic E-state index is 5.60. The Kier molecular flexibility index (Phi) is 2.84. The fraction of sp³-hybridized carbons (Fsp3) is 0.417. The van der Waals surface area contributed by atoms with Crippen LogP contribution in [0.15, 0.2) is 29.1 Å². The molecule has 0 atom stereocenters. The van der Waals surface area contributed by atoms with Crippen molar-refractivity contribution in [2.45, 2.75) is 19.4 Å². The molecule has 0 N–H and O–H groups in total. The Morgan fingerprint density at radius 3 is 2.83 bits per heavy atom. The third-order valence-corrected chi connectivity index (χ3v) is 2.83. The van der Waals surface area contributed by atoms with Crippen LogP contribution in [0.3, 0.4) is 0 Å². The molecule has 6 heteroatoms. The molecule has 0 saturated carbocycles. The average Bonchev–Trinajstić information content (AvgIpc) is 2.83. The summed E-state index contributed by atoms with van der Waals surface area (Å²) in [5.74, 6) is 0. The number of oxazole rings is 1. The fourth-order valence-electron chi connectivity index (χ4n) is 1.77. The lowest BCUT2D eigenvalue weighted by Crippen LogP contribution is -2.54. The van der Waals surface area contributed by atoms with E-state index in [4.69, 9.17) is 9.15 Å². The van der Waals surface area contributed by atoms with Crippen molar-refractivity contribution in [3.63, 3.8) is 0 Å². The first-order valence-electron chi connectivity index (χ1n) is 5.98. The predicted octanol–water partition coefficient (Wildman–Crippen LogP) is 1.29. The second-order valence-electron chi connectivity index (χ2n) is 4.15. The molecular weight excluding hydrogens is 232 g/mol. The molecule has 0 spiro atoms. The molecule has 0 unspecified atom stereocenters. The highest BCUT2D eigenvalue weighted by Crippen LogP contribution is 2.22. The van der Waals surface area contributed by atoms with Crippen LogP contribution >= 0.6 is 0 Å². The molecule has 0 bridgehead atoms. The quantitative estimate of drug-likeness (QED) is 0.810. The minimum absolute atomic E-state index is 0.101. The molecule has 0 amide bonds. The monoisotopic (exact) mass is 246 g/mol. The second-order valence-corrected chi connectivity index (χ2v) is 4.15. The molecule has 94 valence electrons. The number of hydrogen-bond acceptors (Lipinski definition) is 6. The Morgan fingerprint density at radius 1 is 1.39 bits per heavy atom. The lowest BCUT2D eigenvalue weighted by molar-refractivity contribution is 0.148. The van der Waals surface area contributed by atoms with Gasteiger partial charge in [0, 0.05) is 12.4 Å². The zero-order valence-electron chi connectivity index (χ0n) is 10.1. The third-order valence-electron chi connectivity index (χ3n) is 2.83. The molecule has 0 aromatic carbocycles. The second kappa shape index (κ2) is 4.64. The summed E-state index contributed by atoms with van der Waals surface area (Å²) in [7, 11) is 0. The van der Waals surface area contributed by atoms with Crippen LogP contribution in [0.1, 0.15) is 12.6 Å². The van der Waals surface area contributed by atoms with Crippen molar-refractivity contribution in [2.24, 2.45) is 0 Å². The summed E-state index contributed by atoms with van der Waals surface area (Å²) >= 11 is 0. The smallest absolute Gasteiger partial charge is 0.316 e. The predicted molar refractivity (Wildman–Crippen MR) is 64.5 cm³/mol. The van der Waals surface area contributed by atoms with E-state index in [9.17, 15) is 0 Å². The van der Waals surface area contributed by atoms with Crippen LogP contribution in [0.5, 0.6) is 6.01 Å². The largest absolute Gasteiger partial charge is 0.456 e. The first-order chi connectivity index (χ1) is 8.85. The van der Waals surface area contributed by atoms with Gasteiger partial charge < -0.3 is 14.1 Å². The van der Waals surface area contributed by atoms with Gasteiger partial charge in [0.2, 0.25) is 0 Å². The van der Waals surface area contributed by atoms with E-state index < -0.39 is 0 Å². The van der Waals surface area contributed by atoms with Crippen molar-refractivity contribution in [1.29, 1.82) is 0 Å². The standard InChI is InChI=1S/C12H14N4O2/c1-2-9-8-17-12(15-9)16-6-10(7-16)18-11-13-4-3-5-14-11/h3-5,8,10H,2,6-7H2,1H3. The number of hydrogen-bond donors (Lipinski definition) is 0. The minimum Gasteiger partial charge on any atom is -0.456 e. The highest BCUT2D eigenvalue weighted by Gasteiger charge is 2.32. The highest BCUT2D eigenvalue weighted by molar-refractivity contribution is 5.32. The molecule has 3 heterocycles. The molecule has 1 fully saturated rings. The maximum Gasteiger partial charge on any atom is 0.316 e. The van der Waals surface area contributed by atoms with Gasteiger partial charge in [0.05, 0.1) is 18.8 Å². The molecule has 1 aliphatic heterocycles. The van der Waals surface area contributed by atoms with E-state index >= 15 is 0 Å². The van der Waals surface area contributed by atoms with E-state index in [2.05, 4.69) is 21.9 Å². The maximum absolute atomic E-state index is 5.60. The normalized spacial score (nSPS) is 15.5. The summed E-state index contributed by atoms with van der Waals surface area (Å²) in [5, 5.41) is 0. The third kappa shape index (κ3) is 2.13. The number of nitrogens with zero attached hydrogens (tertiary/aromatic N) is 4. The first kappa shape index (κ1) is 11.0. The van der Waals surface area contributed by atoms with Crippen LogP contribution in [0.4, 0.5) is 6.01 Å². The zero-order chi connectivity index (χ0) is 12.4. The molecular formula is C12H14N4O2. The number of ether oxygens (including phenoxy) is 1. The van der Waals surface area contributed by atoms with Gasteiger partial charge >= 0.3 is 6.01 Å². The van der Waals surface area contributed by atoms with Gasteiger partial charge in [0.15, 0.2) is 0 Å². The lowest BCUT2D eigenvalue weighted by atomic mass is 10.2. The van der Waals surface area contributed by atoms with Crippen LogP contribution in [0, 0.1) is 0 Å². The van der Waals surface area contributed by atoms with Crippen LogP contribution in [-0.4, -0.2) is 34.1 Å². The summed E-state index contributed by atoms with van der Waals surface area (Å²) < 4.78 is 11.0. The molecule has 3 rings (SSSR count). The summed E-state index contributed by atoms with van der Waals surface area (Å²) in [6.07, 6.45) is 6.02. The summed E-state index contributed by atoms with van der Waals surface area (Å²) in [6.45, 7) is 3.56. The number of anilines is 1. The van der Waals surface area contributed by atoms with Gasteiger partial charge in [-0.3, -0.25) is 0 Å². The number of aryl methyl sites for hydroxylation is 1. The van der Waals surface area contributed by atoms with E-state index in [1.807, 2.05) is 4.90 Å². The highest BCUT2D eigenvalue weighted by atomic mass is 16.5. The van der Waals surface area contributed by atoms with Crippen LogP contribution in [0.25, 0.3) is 0 Å². The van der Waals surface area contributed by atoms with Crippen molar-refractivity contribution in [1.82, 2.24) is 15.0 Å². The minimum atomic E-state index is 0.101. The Morgan fingerprint density at radius 2 is 2.17 bits per heavy atom. The van der Waals surface area contributed by atoms with E-state index in [1.54, 1.807) is 24.7 Å². The molecule has 0 radical (unpaired) electrons. The molecule has 18 heavy (non-hydrogen) atoms. The first-order valence-corrected chi connectivity index (χ1v) is 5.98. The summed E-state index contributed by atoms with van der Waals surface area (Å²) in [4.78, 5) is 14.4. The van der Waals surface area contributed by atoms with Crippen molar-refractivity contribution >= 4 is 6.01 Å². The van der Waals surface area contributed by atoms with Gasteiger partial charge in [0.25, 0.3) is 6.01 Å². The van der Waals surface area contributed by atoms with Crippen molar-refractivity contribution < 1.29 is 9.15 Å². The fourth-order valence-corrected chi connectivity index (χ4v) is 1.77. The van der Waals surface area contributed by atoms with Gasteiger partial charge in [-0.2, -0.15) is 4.98 Å². The van der Waals surface area contributed by atoms with E-state index in [1.165, 1.54) is 0 Å². The van der Waals surface area contributed by atoms with E-state index in [-0.39, 0.29) is 6.10 Å². The Labute approximate surface area is 105 Å². The van der Waals surface area contributed by atoms with Crippen LogP contribution < -0.4 is 9.64 Å². The Balaban J connectivity index is 1.54.